The van der Waals surface area contributed by atoms with Crippen molar-refractivity contribution in [3.63, 3.8) is 0 Å². The van der Waals surface area contributed by atoms with Crippen molar-refractivity contribution >= 4 is 17.5 Å². The average molecular weight is 369 g/mol. The predicted molar refractivity (Wildman–Crippen MR) is 115 cm³/mol. The number of hydrogen-bond acceptors (Lipinski definition) is 3. The van der Waals surface area contributed by atoms with Crippen LogP contribution < -0.4 is 4.90 Å². The molecule has 0 saturated carbocycles. The van der Waals surface area contributed by atoms with Crippen molar-refractivity contribution in [3.05, 3.63) is 96.1 Å². The Kier molecular flexibility index (Phi) is 5.64. The topological polar surface area (TPSA) is 29.5 Å². The molecule has 3 heteroatoms. The molecule has 4 rings (SSSR count). The second-order valence-electron chi connectivity index (χ2n) is 6.83. The lowest BCUT2D eigenvalue weighted by Gasteiger charge is -2.28. The minimum Gasteiger partial charge on any atom is -0.378 e. The third-order valence-electron chi connectivity index (χ3n) is 4.97. The van der Waals surface area contributed by atoms with Gasteiger partial charge in [-0.15, -0.1) is 0 Å². The highest BCUT2D eigenvalue weighted by Gasteiger charge is 2.11. The molecule has 0 aliphatic carbocycles. The first kappa shape index (κ1) is 18.2. The van der Waals surface area contributed by atoms with E-state index in [0.717, 1.165) is 37.6 Å². The number of ketones is 1. The maximum absolute atomic E-state index is 12.5. The number of hydrogen-bond donors (Lipinski definition) is 0. The molecular weight excluding hydrogens is 346 g/mol. The van der Waals surface area contributed by atoms with E-state index in [9.17, 15) is 4.79 Å². The standard InChI is InChI=1S/C25H23NO2/c27-25(23-11-13-24(14-12-23)26-16-18-28-19-17-26)15-8-20-6-9-22(10-7-20)21-4-2-1-3-5-21/h1-15H,16-19H2. The highest BCUT2D eigenvalue weighted by molar-refractivity contribution is 6.07. The van der Waals surface area contributed by atoms with E-state index < -0.39 is 0 Å². The zero-order chi connectivity index (χ0) is 19.2. The number of morpholine rings is 1. The summed E-state index contributed by atoms with van der Waals surface area (Å²) in [4.78, 5) is 14.8. The predicted octanol–water partition coefficient (Wildman–Crippen LogP) is 5.09. The van der Waals surface area contributed by atoms with Crippen molar-refractivity contribution in [1.82, 2.24) is 0 Å². The van der Waals surface area contributed by atoms with Crippen molar-refractivity contribution in [1.29, 1.82) is 0 Å². The van der Waals surface area contributed by atoms with Crippen molar-refractivity contribution in [2.24, 2.45) is 0 Å². The third kappa shape index (κ3) is 4.38. The van der Waals surface area contributed by atoms with Gasteiger partial charge in [-0.05, 0) is 47.0 Å². The van der Waals surface area contributed by atoms with Crippen LogP contribution in [-0.2, 0) is 4.74 Å². The maximum Gasteiger partial charge on any atom is 0.185 e. The molecule has 1 fully saturated rings. The van der Waals surface area contributed by atoms with Gasteiger partial charge < -0.3 is 9.64 Å². The van der Waals surface area contributed by atoms with Crippen molar-refractivity contribution in [2.75, 3.05) is 31.2 Å². The van der Waals surface area contributed by atoms with E-state index >= 15 is 0 Å². The van der Waals surface area contributed by atoms with Crippen molar-refractivity contribution in [3.8, 4) is 11.1 Å². The number of nitrogens with zero attached hydrogens (tertiary/aromatic N) is 1. The lowest BCUT2D eigenvalue weighted by atomic mass is 10.0. The van der Waals surface area contributed by atoms with Crippen LogP contribution in [0.15, 0.2) is 84.9 Å². The van der Waals surface area contributed by atoms with Gasteiger partial charge >= 0.3 is 0 Å². The number of carbonyl (C=O) groups excluding carboxylic acids is 1. The molecule has 1 aliphatic rings. The molecule has 1 saturated heterocycles. The van der Waals surface area contributed by atoms with E-state index in [1.54, 1.807) is 6.08 Å². The first-order valence-corrected chi connectivity index (χ1v) is 9.60. The van der Waals surface area contributed by atoms with Crippen LogP contribution >= 0.6 is 0 Å². The molecule has 140 valence electrons. The van der Waals surface area contributed by atoms with Crippen molar-refractivity contribution in [2.45, 2.75) is 0 Å². The van der Waals surface area contributed by atoms with Gasteiger partial charge in [0.1, 0.15) is 0 Å². The van der Waals surface area contributed by atoms with E-state index in [1.807, 2.05) is 60.7 Å². The third-order valence-corrected chi connectivity index (χ3v) is 4.97. The van der Waals surface area contributed by atoms with E-state index in [0.29, 0.717) is 5.56 Å². The first-order valence-electron chi connectivity index (χ1n) is 9.60. The Morgan fingerprint density at radius 3 is 2.11 bits per heavy atom. The SMILES string of the molecule is O=C(C=Cc1ccc(-c2ccccc2)cc1)c1ccc(N2CCOCC2)cc1. The lowest BCUT2D eigenvalue weighted by Crippen LogP contribution is -2.36. The van der Waals surface area contributed by atoms with Gasteiger partial charge in [0.2, 0.25) is 0 Å². The number of anilines is 1. The molecular formula is C25H23NO2. The lowest BCUT2D eigenvalue weighted by molar-refractivity contribution is 0.104. The first-order chi connectivity index (χ1) is 13.8. The molecule has 3 nitrogen and oxygen atoms in total. The summed E-state index contributed by atoms with van der Waals surface area (Å²) in [5.41, 5.74) is 5.21. The summed E-state index contributed by atoms with van der Waals surface area (Å²) in [6.07, 6.45) is 3.51. The molecule has 0 N–H and O–H groups in total. The van der Waals surface area contributed by atoms with E-state index in [2.05, 4.69) is 29.2 Å². The molecule has 1 aliphatic heterocycles. The van der Waals surface area contributed by atoms with E-state index in [-0.39, 0.29) is 5.78 Å². The smallest absolute Gasteiger partial charge is 0.185 e. The quantitative estimate of drug-likeness (QED) is 0.464. The van der Waals surface area contributed by atoms with Crippen LogP contribution in [0.1, 0.15) is 15.9 Å². The molecule has 0 amide bonds. The van der Waals surface area contributed by atoms with Gasteiger partial charge in [0.05, 0.1) is 13.2 Å². The Hall–Kier alpha value is -3.17. The summed E-state index contributed by atoms with van der Waals surface area (Å²) in [6.45, 7) is 3.30. The number of benzene rings is 3. The summed E-state index contributed by atoms with van der Waals surface area (Å²) >= 11 is 0. The molecule has 3 aromatic carbocycles. The van der Waals surface area contributed by atoms with Gasteiger partial charge in [-0.25, -0.2) is 0 Å². The number of ether oxygens (including phenoxy) is 1. The van der Waals surface area contributed by atoms with Gasteiger partial charge in [0.15, 0.2) is 5.78 Å². The number of allylic oxidation sites excluding steroid dienone is 1. The van der Waals surface area contributed by atoms with Crippen LogP contribution in [0.5, 0.6) is 0 Å². The van der Waals surface area contributed by atoms with Crippen molar-refractivity contribution < 1.29 is 9.53 Å². The molecule has 28 heavy (non-hydrogen) atoms. The zero-order valence-corrected chi connectivity index (χ0v) is 15.8. The Morgan fingerprint density at radius 1 is 0.786 bits per heavy atom. The van der Waals surface area contributed by atoms with Gasteiger partial charge in [-0.1, -0.05) is 60.7 Å². The molecule has 0 bridgehead atoms. The minimum atomic E-state index is 0.0145. The molecule has 1 heterocycles. The number of carbonyl (C=O) groups is 1. The summed E-state index contributed by atoms with van der Waals surface area (Å²) in [6, 6.07) is 26.3. The molecule has 0 radical (unpaired) electrons. The second-order valence-corrected chi connectivity index (χ2v) is 6.83. The summed E-state index contributed by atoms with van der Waals surface area (Å²) in [5, 5.41) is 0. The minimum absolute atomic E-state index is 0.0145. The zero-order valence-electron chi connectivity index (χ0n) is 15.8. The molecule has 3 aromatic rings. The van der Waals surface area contributed by atoms with E-state index in [4.69, 9.17) is 4.74 Å². The van der Waals surface area contributed by atoms with Crippen LogP contribution in [0.2, 0.25) is 0 Å². The normalized spacial score (nSPS) is 14.4. The van der Waals surface area contributed by atoms with Crippen LogP contribution in [-0.4, -0.2) is 32.1 Å². The fourth-order valence-electron chi connectivity index (χ4n) is 3.34. The molecule has 0 aromatic heterocycles. The molecule has 0 atom stereocenters. The summed E-state index contributed by atoms with van der Waals surface area (Å²) in [7, 11) is 0. The van der Waals surface area contributed by atoms with Gasteiger partial charge in [-0.2, -0.15) is 0 Å². The van der Waals surface area contributed by atoms with Crippen LogP contribution in [0, 0.1) is 0 Å². The van der Waals surface area contributed by atoms with Crippen LogP contribution in [0.25, 0.3) is 17.2 Å². The largest absolute Gasteiger partial charge is 0.378 e. The number of rotatable bonds is 5. The van der Waals surface area contributed by atoms with Gasteiger partial charge in [-0.3, -0.25) is 4.79 Å². The average Bonchev–Trinajstić information content (AvgIpc) is 2.79. The van der Waals surface area contributed by atoms with Crippen LogP contribution in [0.4, 0.5) is 5.69 Å². The monoisotopic (exact) mass is 369 g/mol. The van der Waals surface area contributed by atoms with Gasteiger partial charge in [0, 0.05) is 24.3 Å². The fourth-order valence-corrected chi connectivity index (χ4v) is 3.34. The highest BCUT2D eigenvalue weighted by Crippen LogP contribution is 2.20. The van der Waals surface area contributed by atoms with Gasteiger partial charge in [0.25, 0.3) is 0 Å². The summed E-state index contributed by atoms with van der Waals surface area (Å²) < 4.78 is 5.38. The molecule has 0 spiro atoms. The maximum atomic E-state index is 12.5. The second kappa shape index (κ2) is 8.68. The Bertz CT molecular complexity index is 938. The summed E-state index contributed by atoms with van der Waals surface area (Å²) in [5.74, 6) is 0.0145. The Balaban J connectivity index is 1.41. The highest BCUT2D eigenvalue weighted by atomic mass is 16.5. The van der Waals surface area contributed by atoms with E-state index in [1.165, 1.54) is 11.1 Å². The van der Waals surface area contributed by atoms with Crippen LogP contribution in [0.3, 0.4) is 0 Å². The Morgan fingerprint density at radius 2 is 1.43 bits per heavy atom. The molecule has 0 unspecified atom stereocenters. The Labute approximate surface area is 165 Å². The fraction of sp³-hybridized carbons (Fsp3) is 0.160.